The number of benzene rings is 1. The van der Waals surface area contributed by atoms with Crippen LogP contribution >= 0.6 is 22.6 Å². The molecule has 0 aliphatic heterocycles. The number of halogens is 2. The molecule has 0 spiro atoms. The highest BCUT2D eigenvalue weighted by Gasteiger charge is 1.94. The Balaban J connectivity index is 2.15. The van der Waals surface area contributed by atoms with Crippen LogP contribution in [0.1, 0.15) is 0 Å². The van der Waals surface area contributed by atoms with Crippen molar-refractivity contribution in [2.75, 3.05) is 24.2 Å². The molecule has 2 nitrogen and oxygen atoms in total. The summed E-state index contributed by atoms with van der Waals surface area (Å²) in [6.45, 7) is 1.82. The normalized spacial score (nSPS) is 10.1. The van der Waals surface area contributed by atoms with E-state index in [9.17, 15) is 4.39 Å². The van der Waals surface area contributed by atoms with Crippen molar-refractivity contribution < 1.29 is 13.9 Å². The van der Waals surface area contributed by atoms with E-state index in [1.165, 1.54) is 12.1 Å². The van der Waals surface area contributed by atoms with Crippen LogP contribution in [0.15, 0.2) is 24.3 Å². The molecule has 0 saturated heterocycles. The van der Waals surface area contributed by atoms with Crippen LogP contribution in [0.25, 0.3) is 0 Å². The molecule has 0 atom stereocenters. The van der Waals surface area contributed by atoms with Gasteiger partial charge in [0.2, 0.25) is 0 Å². The van der Waals surface area contributed by atoms with Gasteiger partial charge in [0.05, 0.1) is 13.2 Å². The van der Waals surface area contributed by atoms with Crippen LogP contribution in [0.4, 0.5) is 4.39 Å². The van der Waals surface area contributed by atoms with Gasteiger partial charge >= 0.3 is 0 Å². The smallest absolute Gasteiger partial charge is 0.123 e. The zero-order valence-electron chi connectivity index (χ0n) is 7.71. The van der Waals surface area contributed by atoms with Crippen molar-refractivity contribution in [3.63, 3.8) is 0 Å². The molecule has 0 N–H and O–H groups in total. The summed E-state index contributed by atoms with van der Waals surface area (Å²) in [7, 11) is 0. The highest BCUT2D eigenvalue weighted by atomic mass is 127. The molecule has 0 aliphatic carbocycles. The lowest BCUT2D eigenvalue weighted by atomic mass is 10.3. The van der Waals surface area contributed by atoms with Crippen LogP contribution < -0.4 is 4.74 Å². The molecule has 0 amide bonds. The van der Waals surface area contributed by atoms with Gasteiger partial charge in [0, 0.05) is 4.43 Å². The lowest BCUT2D eigenvalue weighted by Crippen LogP contribution is -2.07. The fraction of sp³-hybridized carbons (Fsp3) is 0.400. The fourth-order valence-corrected chi connectivity index (χ4v) is 1.22. The van der Waals surface area contributed by atoms with Crippen molar-refractivity contribution >= 4 is 22.6 Å². The van der Waals surface area contributed by atoms with E-state index in [4.69, 9.17) is 9.47 Å². The van der Waals surface area contributed by atoms with E-state index in [0.717, 1.165) is 11.0 Å². The van der Waals surface area contributed by atoms with Gasteiger partial charge in [-0.25, -0.2) is 4.39 Å². The summed E-state index contributed by atoms with van der Waals surface area (Å²) in [5.74, 6) is 0.419. The summed E-state index contributed by atoms with van der Waals surface area (Å²) < 4.78 is 24.0. The maximum atomic E-state index is 12.5. The van der Waals surface area contributed by atoms with Crippen LogP contribution in [0.3, 0.4) is 0 Å². The van der Waals surface area contributed by atoms with Crippen LogP contribution in [0, 0.1) is 5.82 Å². The van der Waals surface area contributed by atoms with Crippen molar-refractivity contribution in [3.05, 3.63) is 30.1 Å². The summed E-state index contributed by atoms with van der Waals surface area (Å²) in [4.78, 5) is 0. The Labute approximate surface area is 96.5 Å². The van der Waals surface area contributed by atoms with Crippen molar-refractivity contribution in [2.24, 2.45) is 0 Å². The highest BCUT2D eigenvalue weighted by Crippen LogP contribution is 2.10. The Hall–Kier alpha value is -0.360. The van der Waals surface area contributed by atoms with Gasteiger partial charge in [-0.3, -0.25) is 0 Å². The summed E-state index contributed by atoms with van der Waals surface area (Å²) >= 11 is 2.25. The molecule has 0 fully saturated rings. The van der Waals surface area contributed by atoms with Crippen molar-refractivity contribution in [1.82, 2.24) is 0 Å². The molecule has 1 aromatic rings. The van der Waals surface area contributed by atoms with Gasteiger partial charge in [0.25, 0.3) is 0 Å². The van der Waals surface area contributed by atoms with Gasteiger partial charge in [0.1, 0.15) is 18.2 Å². The van der Waals surface area contributed by atoms with Crippen molar-refractivity contribution in [1.29, 1.82) is 0 Å². The number of hydrogen-bond acceptors (Lipinski definition) is 2. The fourth-order valence-electron chi connectivity index (χ4n) is 0.906. The average molecular weight is 310 g/mol. The number of ether oxygens (including phenoxy) is 2. The molecule has 0 heterocycles. The zero-order chi connectivity index (χ0) is 10.2. The minimum absolute atomic E-state index is 0.251. The van der Waals surface area contributed by atoms with E-state index in [1.807, 2.05) is 0 Å². The van der Waals surface area contributed by atoms with Crippen LogP contribution in [0.2, 0.25) is 0 Å². The van der Waals surface area contributed by atoms with Crippen molar-refractivity contribution in [2.45, 2.75) is 0 Å². The molecule has 1 aromatic carbocycles. The monoisotopic (exact) mass is 310 g/mol. The van der Waals surface area contributed by atoms with Gasteiger partial charge in [-0.2, -0.15) is 0 Å². The van der Waals surface area contributed by atoms with Gasteiger partial charge < -0.3 is 9.47 Å². The van der Waals surface area contributed by atoms with E-state index in [-0.39, 0.29) is 5.82 Å². The number of rotatable bonds is 6. The summed E-state index contributed by atoms with van der Waals surface area (Å²) in [5, 5.41) is 0. The quantitative estimate of drug-likeness (QED) is 0.457. The van der Waals surface area contributed by atoms with Gasteiger partial charge in [-0.1, -0.05) is 22.6 Å². The predicted molar refractivity (Wildman–Crippen MR) is 61.6 cm³/mol. The van der Waals surface area contributed by atoms with E-state index < -0.39 is 0 Å². The Kier molecular flexibility index (Phi) is 5.86. The van der Waals surface area contributed by atoms with E-state index in [2.05, 4.69) is 22.6 Å². The minimum Gasteiger partial charge on any atom is -0.491 e. The molecule has 0 aromatic heterocycles. The molecule has 78 valence electrons. The molecule has 0 radical (unpaired) electrons. The second kappa shape index (κ2) is 7.00. The first-order chi connectivity index (χ1) is 6.83. The van der Waals surface area contributed by atoms with E-state index in [0.29, 0.717) is 19.0 Å². The second-order valence-corrected chi connectivity index (χ2v) is 3.68. The van der Waals surface area contributed by atoms with Gasteiger partial charge in [0.15, 0.2) is 0 Å². The summed E-state index contributed by atoms with van der Waals surface area (Å²) in [6, 6.07) is 5.96. The molecule has 1 rings (SSSR count). The SMILES string of the molecule is Fc1ccc(OCCOCCI)cc1. The maximum absolute atomic E-state index is 12.5. The molecule has 14 heavy (non-hydrogen) atoms. The minimum atomic E-state index is -0.251. The predicted octanol–water partition coefficient (Wildman–Crippen LogP) is 2.66. The molecular weight excluding hydrogens is 298 g/mol. The first-order valence-electron chi connectivity index (χ1n) is 4.35. The number of alkyl halides is 1. The largest absolute Gasteiger partial charge is 0.491 e. The van der Waals surface area contributed by atoms with E-state index in [1.54, 1.807) is 12.1 Å². The Bertz CT molecular complexity index is 251. The molecule has 0 bridgehead atoms. The zero-order valence-corrected chi connectivity index (χ0v) is 9.87. The standard InChI is InChI=1S/C10H12FIO2/c11-9-1-3-10(4-2-9)14-8-7-13-6-5-12/h1-4H,5-8H2. The Morgan fingerprint density at radius 3 is 2.43 bits per heavy atom. The number of hydrogen-bond donors (Lipinski definition) is 0. The van der Waals surface area contributed by atoms with E-state index >= 15 is 0 Å². The lowest BCUT2D eigenvalue weighted by Gasteiger charge is -2.05. The summed E-state index contributed by atoms with van der Waals surface area (Å²) in [5.41, 5.74) is 0. The van der Waals surface area contributed by atoms with Crippen LogP contribution in [-0.2, 0) is 4.74 Å². The van der Waals surface area contributed by atoms with Gasteiger partial charge in [-0.05, 0) is 24.3 Å². The molecule has 4 heteroatoms. The first kappa shape index (κ1) is 11.7. The molecule has 0 saturated carbocycles. The Morgan fingerprint density at radius 2 is 1.79 bits per heavy atom. The first-order valence-corrected chi connectivity index (χ1v) is 5.87. The molecule has 0 aliphatic rings. The summed E-state index contributed by atoms with van der Waals surface area (Å²) in [6.07, 6.45) is 0. The third-order valence-corrected chi connectivity index (χ3v) is 1.97. The van der Waals surface area contributed by atoms with Crippen molar-refractivity contribution in [3.8, 4) is 5.75 Å². The van der Waals surface area contributed by atoms with Crippen LogP contribution in [-0.4, -0.2) is 24.2 Å². The highest BCUT2D eigenvalue weighted by molar-refractivity contribution is 14.1. The second-order valence-electron chi connectivity index (χ2n) is 2.60. The Morgan fingerprint density at radius 1 is 1.07 bits per heavy atom. The van der Waals surface area contributed by atoms with Gasteiger partial charge in [-0.15, -0.1) is 0 Å². The lowest BCUT2D eigenvalue weighted by molar-refractivity contribution is 0.113. The third kappa shape index (κ3) is 4.76. The maximum Gasteiger partial charge on any atom is 0.123 e. The molecular formula is C10H12FIO2. The molecule has 0 unspecified atom stereocenters. The van der Waals surface area contributed by atoms with Crippen LogP contribution in [0.5, 0.6) is 5.75 Å². The third-order valence-electron chi connectivity index (χ3n) is 1.53. The average Bonchev–Trinajstić information content (AvgIpc) is 2.21. The topological polar surface area (TPSA) is 18.5 Å².